The molecule has 1 heterocycles. The van der Waals surface area contributed by atoms with E-state index in [2.05, 4.69) is 10.1 Å². The molecule has 2 aromatic rings. The zero-order valence-corrected chi connectivity index (χ0v) is 12.8. The van der Waals surface area contributed by atoms with Crippen molar-refractivity contribution in [2.24, 2.45) is 12.1 Å². The highest BCUT2D eigenvalue weighted by molar-refractivity contribution is 6.42. The van der Waals surface area contributed by atoms with E-state index in [-0.39, 0.29) is 0 Å². The number of hydrogen-bond acceptors (Lipinski definition) is 4. The van der Waals surface area contributed by atoms with E-state index in [9.17, 15) is 9.59 Å². The third-order valence-corrected chi connectivity index (χ3v) is 3.54. The van der Waals surface area contributed by atoms with Crippen molar-refractivity contribution in [3.05, 3.63) is 60.7 Å². The molecule has 1 aromatic carbocycles. The summed E-state index contributed by atoms with van der Waals surface area (Å²) in [6, 6.07) is 6.35. The van der Waals surface area contributed by atoms with E-state index in [1.165, 1.54) is 24.3 Å². The van der Waals surface area contributed by atoms with Crippen molar-refractivity contribution < 1.29 is 0 Å². The lowest BCUT2D eigenvalue weighted by Gasteiger charge is -2.12. The zero-order valence-electron chi connectivity index (χ0n) is 11.3. The molecule has 0 atom stereocenters. The molecule has 8 heteroatoms. The molecule has 0 saturated heterocycles. The minimum absolute atomic E-state index is 0.291. The van der Waals surface area contributed by atoms with Crippen molar-refractivity contribution in [2.75, 3.05) is 12.1 Å². The van der Waals surface area contributed by atoms with Gasteiger partial charge in [-0.2, -0.15) is 5.10 Å². The zero-order chi connectivity index (χ0) is 15.6. The van der Waals surface area contributed by atoms with Crippen LogP contribution in [0.1, 0.15) is 5.56 Å². The smallest absolute Gasteiger partial charge is 0.292 e. The molecule has 0 saturated carbocycles. The Bertz CT molecular complexity index is 779. The Morgan fingerprint density at radius 1 is 1.24 bits per heavy atom. The van der Waals surface area contributed by atoms with Gasteiger partial charge in [0.2, 0.25) is 0 Å². The molecule has 0 aliphatic heterocycles. The Morgan fingerprint density at radius 3 is 2.57 bits per heavy atom. The van der Waals surface area contributed by atoms with Crippen LogP contribution in [0, 0.1) is 0 Å². The van der Waals surface area contributed by atoms with Crippen molar-refractivity contribution >= 4 is 35.2 Å². The normalized spacial score (nSPS) is 11.0. The van der Waals surface area contributed by atoms with Crippen molar-refractivity contribution in [2.45, 2.75) is 0 Å². The second-order valence-corrected chi connectivity index (χ2v) is 5.11. The predicted octanol–water partition coefficient (Wildman–Crippen LogP) is 1.85. The summed E-state index contributed by atoms with van der Waals surface area (Å²) in [5.74, 6) is 0.291. The molecule has 0 fully saturated rings. The minimum Gasteiger partial charge on any atom is -0.292 e. The fourth-order valence-electron chi connectivity index (χ4n) is 1.53. The molecule has 0 bridgehead atoms. The van der Waals surface area contributed by atoms with Crippen molar-refractivity contribution in [1.29, 1.82) is 0 Å². The highest BCUT2D eigenvalue weighted by Crippen LogP contribution is 2.21. The highest BCUT2D eigenvalue weighted by atomic mass is 35.5. The molecule has 0 spiro atoms. The van der Waals surface area contributed by atoms with Gasteiger partial charge in [-0.3, -0.25) is 19.4 Å². The Labute approximate surface area is 130 Å². The summed E-state index contributed by atoms with van der Waals surface area (Å²) < 4.78 is 0.972. The molecular weight excluding hydrogens is 315 g/mol. The first kappa shape index (κ1) is 15.3. The molecular formula is C13H12Cl2N4O2. The molecule has 0 unspecified atom stereocenters. The van der Waals surface area contributed by atoms with Crippen LogP contribution in [-0.4, -0.2) is 22.8 Å². The van der Waals surface area contributed by atoms with Crippen LogP contribution in [0.25, 0.3) is 0 Å². The van der Waals surface area contributed by atoms with E-state index >= 15 is 0 Å². The van der Waals surface area contributed by atoms with Gasteiger partial charge in [-0.15, -0.1) is 0 Å². The van der Waals surface area contributed by atoms with Gasteiger partial charge in [-0.05, 0) is 17.7 Å². The van der Waals surface area contributed by atoms with Crippen LogP contribution in [0.5, 0.6) is 0 Å². The quantitative estimate of drug-likeness (QED) is 0.691. The van der Waals surface area contributed by atoms with Gasteiger partial charge in [0.1, 0.15) is 5.82 Å². The lowest BCUT2D eigenvalue weighted by molar-refractivity contribution is 0.766. The van der Waals surface area contributed by atoms with E-state index < -0.39 is 11.2 Å². The summed E-state index contributed by atoms with van der Waals surface area (Å²) in [5, 5.41) is 6.39. The minimum atomic E-state index is -0.505. The lowest BCUT2D eigenvalue weighted by atomic mass is 10.2. The Morgan fingerprint density at radius 2 is 1.95 bits per heavy atom. The maximum Gasteiger partial charge on any atom is 0.329 e. The summed E-state index contributed by atoms with van der Waals surface area (Å²) >= 11 is 11.7. The fraction of sp³-hybridized carbons (Fsp3) is 0.154. The second kappa shape index (κ2) is 6.15. The molecule has 6 nitrogen and oxygen atoms in total. The summed E-state index contributed by atoms with van der Waals surface area (Å²) in [7, 11) is 3.00. The highest BCUT2D eigenvalue weighted by Gasteiger charge is 2.04. The average molecular weight is 327 g/mol. The third kappa shape index (κ3) is 3.53. The Kier molecular flexibility index (Phi) is 4.50. The first-order valence-electron chi connectivity index (χ1n) is 5.91. The van der Waals surface area contributed by atoms with Gasteiger partial charge in [0.05, 0.1) is 16.3 Å². The number of aromatic nitrogens is 2. The Hall–Kier alpha value is -2.05. The molecule has 110 valence electrons. The van der Waals surface area contributed by atoms with Crippen LogP contribution in [-0.2, 0) is 7.05 Å². The average Bonchev–Trinajstić information content (AvgIpc) is 2.45. The van der Waals surface area contributed by atoms with Crippen LogP contribution < -0.4 is 16.3 Å². The molecule has 0 aliphatic rings. The number of halogens is 2. The molecule has 0 aliphatic carbocycles. The first-order valence-corrected chi connectivity index (χ1v) is 6.67. The predicted molar refractivity (Wildman–Crippen MR) is 84.8 cm³/mol. The van der Waals surface area contributed by atoms with Gasteiger partial charge in [-0.1, -0.05) is 29.3 Å². The van der Waals surface area contributed by atoms with Crippen molar-refractivity contribution in [1.82, 2.24) is 9.55 Å². The summed E-state index contributed by atoms with van der Waals surface area (Å²) in [4.78, 5) is 25.6. The fourth-order valence-corrected chi connectivity index (χ4v) is 1.83. The van der Waals surface area contributed by atoms with Crippen LogP contribution in [0.3, 0.4) is 0 Å². The van der Waals surface area contributed by atoms with Gasteiger partial charge in [0, 0.05) is 20.2 Å². The van der Waals surface area contributed by atoms with Crippen molar-refractivity contribution in [3.63, 3.8) is 0 Å². The van der Waals surface area contributed by atoms with Crippen LogP contribution >= 0.6 is 23.2 Å². The molecule has 21 heavy (non-hydrogen) atoms. The van der Waals surface area contributed by atoms with E-state index in [4.69, 9.17) is 23.2 Å². The number of aromatic amines is 1. The van der Waals surface area contributed by atoms with Crippen LogP contribution in [0.2, 0.25) is 10.0 Å². The number of anilines is 1. The standard InChI is InChI=1S/C13H12Cl2N4O2/c1-18-12(20)6-11(17-13(18)21)19(2)16-7-8-3-4-9(14)10(15)5-8/h3-7H,1-2H3,(H,17,21)/b16-7+. The molecule has 1 aromatic heterocycles. The summed E-state index contributed by atoms with van der Waals surface area (Å²) in [6.45, 7) is 0. The lowest BCUT2D eigenvalue weighted by Crippen LogP contribution is -2.33. The van der Waals surface area contributed by atoms with E-state index in [1.807, 2.05) is 0 Å². The number of benzene rings is 1. The summed E-state index contributed by atoms with van der Waals surface area (Å²) in [6.07, 6.45) is 1.54. The van der Waals surface area contributed by atoms with Crippen molar-refractivity contribution in [3.8, 4) is 0 Å². The number of nitrogens with one attached hydrogen (secondary N) is 1. The van der Waals surface area contributed by atoms with Gasteiger partial charge in [0.25, 0.3) is 5.56 Å². The van der Waals surface area contributed by atoms with E-state index in [0.29, 0.717) is 15.9 Å². The number of hydrogen-bond donors (Lipinski definition) is 1. The van der Waals surface area contributed by atoms with Crippen LogP contribution in [0.4, 0.5) is 5.82 Å². The molecule has 1 N–H and O–H groups in total. The van der Waals surface area contributed by atoms with E-state index in [1.54, 1.807) is 25.2 Å². The molecule has 0 radical (unpaired) electrons. The number of nitrogens with zero attached hydrogens (tertiary/aromatic N) is 3. The molecule has 0 amide bonds. The maximum absolute atomic E-state index is 11.6. The number of rotatable bonds is 3. The second-order valence-electron chi connectivity index (χ2n) is 4.30. The van der Waals surface area contributed by atoms with Gasteiger partial charge in [-0.25, -0.2) is 4.79 Å². The molecule has 2 rings (SSSR count). The van der Waals surface area contributed by atoms with Gasteiger partial charge < -0.3 is 0 Å². The first-order chi connectivity index (χ1) is 9.88. The largest absolute Gasteiger partial charge is 0.329 e. The van der Waals surface area contributed by atoms with Gasteiger partial charge >= 0.3 is 5.69 Å². The summed E-state index contributed by atoms with van der Waals surface area (Å²) in [5.41, 5.74) is -0.179. The van der Waals surface area contributed by atoms with E-state index in [0.717, 1.165) is 10.1 Å². The number of H-pyrrole nitrogens is 1. The maximum atomic E-state index is 11.6. The van der Waals surface area contributed by atoms with Crippen LogP contribution in [0.15, 0.2) is 39.0 Å². The Balaban J connectivity index is 2.27. The van der Waals surface area contributed by atoms with Gasteiger partial charge in [0.15, 0.2) is 0 Å². The third-order valence-electron chi connectivity index (χ3n) is 2.80. The monoisotopic (exact) mass is 326 g/mol. The number of hydrazone groups is 1. The SMILES string of the molecule is CN(/N=C/c1ccc(Cl)c(Cl)c1)c1cc(=O)n(C)c(=O)[nH]1. The topological polar surface area (TPSA) is 70.5 Å².